The van der Waals surface area contributed by atoms with Crippen LogP contribution in [0.15, 0.2) is 16.6 Å². The summed E-state index contributed by atoms with van der Waals surface area (Å²) >= 11 is 3.38. The predicted octanol–water partition coefficient (Wildman–Crippen LogP) is 1.82. The van der Waals surface area contributed by atoms with Crippen LogP contribution in [-0.4, -0.2) is 50.1 Å². The SMILES string of the molecule is CC[C@@H]1C(=O)NCCN1C(=O)c1cc(OC)c(Br)c(OC)c1. The Morgan fingerprint density at radius 1 is 1.36 bits per heavy atom. The van der Waals surface area contributed by atoms with Crippen LogP contribution in [0.5, 0.6) is 11.5 Å². The van der Waals surface area contributed by atoms with Crippen molar-refractivity contribution in [3.05, 3.63) is 22.2 Å². The van der Waals surface area contributed by atoms with Gasteiger partial charge in [0.2, 0.25) is 5.91 Å². The second-order valence-electron chi connectivity index (χ2n) is 4.91. The first-order valence-corrected chi connectivity index (χ1v) is 7.83. The third kappa shape index (κ3) is 3.04. The van der Waals surface area contributed by atoms with Crippen molar-refractivity contribution in [2.75, 3.05) is 27.3 Å². The smallest absolute Gasteiger partial charge is 0.254 e. The number of carbonyl (C=O) groups is 2. The van der Waals surface area contributed by atoms with Crippen LogP contribution in [0, 0.1) is 0 Å². The molecule has 1 atom stereocenters. The van der Waals surface area contributed by atoms with Crippen molar-refractivity contribution in [1.82, 2.24) is 10.2 Å². The van der Waals surface area contributed by atoms with Gasteiger partial charge in [-0.3, -0.25) is 9.59 Å². The summed E-state index contributed by atoms with van der Waals surface area (Å²) in [4.78, 5) is 26.3. The molecule has 0 bridgehead atoms. The van der Waals surface area contributed by atoms with Gasteiger partial charge < -0.3 is 19.7 Å². The molecule has 22 heavy (non-hydrogen) atoms. The summed E-state index contributed by atoms with van der Waals surface area (Å²) in [6, 6.07) is 2.85. The summed E-state index contributed by atoms with van der Waals surface area (Å²) < 4.78 is 11.2. The van der Waals surface area contributed by atoms with Crippen molar-refractivity contribution >= 4 is 27.7 Å². The van der Waals surface area contributed by atoms with Crippen molar-refractivity contribution in [1.29, 1.82) is 0 Å². The number of hydrogen-bond acceptors (Lipinski definition) is 4. The van der Waals surface area contributed by atoms with E-state index in [4.69, 9.17) is 9.47 Å². The van der Waals surface area contributed by atoms with Gasteiger partial charge in [0, 0.05) is 18.7 Å². The first kappa shape index (κ1) is 16.6. The van der Waals surface area contributed by atoms with E-state index in [9.17, 15) is 9.59 Å². The summed E-state index contributed by atoms with van der Waals surface area (Å²) in [5.74, 6) is 0.707. The fourth-order valence-corrected chi connectivity index (χ4v) is 3.07. The highest BCUT2D eigenvalue weighted by Gasteiger charge is 2.32. The minimum absolute atomic E-state index is 0.113. The normalized spacial score (nSPS) is 17.9. The second kappa shape index (κ2) is 7.00. The Bertz CT molecular complexity index is 566. The Balaban J connectivity index is 2.38. The minimum atomic E-state index is -0.443. The third-order valence-electron chi connectivity index (χ3n) is 3.67. The summed E-state index contributed by atoms with van der Waals surface area (Å²) in [5, 5.41) is 2.78. The molecule has 120 valence electrons. The van der Waals surface area contributed by atoms with E-state index in [1.165, 1.54) is 14.2 Å². The highest BCUT2D eigenvalue weighted by Crippen LogP contribution is 2.36. The van der Waals surface area contributed by atoms with E-state index in [1.54, 1.807) is 17.0 Å². The molecule has 0 saturated carbocycles. The number of ether oxygens (including phenoxy) is 2. The van der Waals surface area contributed by atoms with E-state index in [2.05, 4.69) is 21.2 Å². The zero-order valence-corrected chi connectivity index (χ0v) is 14.4. The maximum atomic E-state index is 12.8. The number of carbonyl (C=O) groups excluding carboxylic acids is 2. The lowest BCUT2D eigenvalue weighted by Gasteiger charge is -2.34. The summed E-state index contributed by atoms with van der Waals surface area (Å²) in [6.45, 7) is 2.84. The van der Waals surface area contributed by atoms with Crippen LogP contribution in [0.2, 0.25) is 0 Å². The molecule has 1 aliphatic rings. The molecule has 7 heteroatoms. The zero-order valence-electron chi connectivity index (χ0n) is 12.8. The van der Waals surface area contributed by atoms with Crippen LogP contribution in [0.25, 0.3) is 0 Å². The molecular weight excluding hydrogens is 352 g/mol. The predicted molar refractivity (Wildman–Crippen MR) is 85.4 cm³/mol. The Labute approximate surface area is 137 Å². The lowest BCUT2D eigenvalue weighted by Crippen LogP contribution is -2.56. The van der Waals surface area contributed by atoms with E-state index in [0.29, 0.717) is 41.0 Å². The number of rotatable bonds is 4. The van der Waals surface area contributed by atoms with E-state index >= 15 is 0 Å². The Kier molecular flexibility index (Phi) is 5.28. The van der Waals surface area contributed by atoms with Gasteiger partial charge in [-0.1, -0.05) is 6.92 Å². The average molecular weight is 371 g/mol. The van der Waals surface area contributed by atoms with Gasteiger partial charge in [-0.05, 0) is 34.5 Å². The van der Waals surface area contributed by atoms with E-state index in [0.717, 1.165) is 0 Å². The van der Waals surface area contributed by atoms with Crippen molar-refractivity contribution in [3.8, 4) is 11.5 Å². The third-order valence-corrected chi connectivity index (χ3v) is 4.45. The molecule has 0 spiro atoms. The van der Waals surface area contributed by atoms with Gasteiger partial charge in [0.1, 0.15) is 22.0 Å². The average Bonchev–Trinajstić information content (AvgIpc) is 2.54. The largest absolute Gasteiger partial charge is 0.495 e. The molecule has 0 aromatic heterocycles. The Morgan fingerprint density at radius 3 is 2.45 bits per heavy atom. The molecule has 0 unspecified atom stereocenters. The minimum Gasteiger partial charge on any atom is -0.495 e. The number of methoxy groups -OCH3 is 2. The summed E-state index contributed by atoms with van der Waals surface area (Å²) in [5.41, 5.74) is 0.435. The molecule has 1 aromatic rings. The summed E-state index contributed by atoms with van der Waals surface area (Å²) in [7, 11) is 3.05. The van der Waals surface area contributed by atoms with Crippen LogP contribution in [-0.2, 0) is 4.79 Å². The van der Waals surface area contributed by atoms with Gasteiger partial charge >= 0.3 is 0 Å². The molecule has 6 nitrogen and oxygen atoms in total. The standard InChI is InChI=1S/C15H19BrN2O4/c1-4-10-14(19)17-5-6-18(10)15(20)9-7-11(21-2)13(16)12(8-9)22-3/h7-8,10H,4-6H2,1-3H3,(H,17,19)/t10-/m1/s1. The summed E-state index contributed by atoms with van der Waals surface area (Å²) in [6.07, 6.45) is 0.572. The Hall–Kier alpha value is -1.76. The van der Waals surface area contributed by atoms with Gasteiger partial charge in [0.15, 0.2) is 0 Å². The number of nitrogens with zero attached hydrogens (tertiary/aromatic N) is 1. The first-order chi connectivity index (χ1) is 10.5. The molecule has 0 aliphatic carbocycles. The second-order valence-corrected chi connectivity index (χ2v) is 5.70. The maximum Gasteiger partial charge on any atom is 0.254 e. The molecular formula is C15H19BrN2O4. The molecule has 2 amide bonds. The number of nitrogens with one attached hydrogen (secondary N) is 1. The van der Waals surface area contributed by atoms with Crippen LogP contribution >= 0.6 is 15.9 Å². The van der Waals surface area contributed by atoms with Gasteiger partial charge in [-0.25, -0.2) is 0 Å². The number of benzene rings is 1. The van der Waals surface area contributed by atoms with Crippen molar-refractivity contribution in [2.45, 2.75) is 19.4 Å². The monoisotopic (exact) mass is 370 g/mol. The lowest BCUT2D eigenvalue weighted by molar-refractivity contribution is -0.127. The number of piperazine rings is 1. The van der Waals surface area contributed by atoms with Gasteiger partial charge in [0.05, 0.1) is 14.2 Å². The maximum absolute atomic E-state index is 12.8. The first-order valence-electron chi connectivity index (χ1n) is 7.03. The van der Waals surface area contributed by atoms with Crippen molar-refractivity contribution in [2.24, 2.45) is 0 Å². The molecule has 1 N–H and O–H groups in total. The van der Waals surface area contributed by atoms with Gasteiger partial charge in [0.25, 0.3) is 5.91 Å². The topological polar surface area (TPSA) is 67.9 Å². The molecule has 0 radical (unpaired) electrons. The highest BCUT2D eigenvalue weighted by atomic mass is 79.9. The fraction of sp³-hybridized carbons (Fsp3) is 0.467. The number of amides is 2. The zero-order chi connectivity index (χ0) is 16.3. The Morgan fingerprint density at radius 2 is 1.95 bits per heavy atom. The highest BCUT2D eigenvalue weighted by molar-refractivity contribution is 9.10. The molecule has 1 saturated heterocycles. The molecule has 1 fully saturated rings. The van der Waals surface area contributed by atoms with Crippen LogP contribution in [0.4, 0.5) is 0 Å². The number of hydrogen-bond donors (Lipinski definition) is 1. The lowest BCUT2D eigenvalue weighted by atomic mass is 10.1. The molecule has 1 heterocycles. The van der Waals surface area contributed by atoms with Crippen LogP contribution in [0.1, 0.15) is 23.7 Å². The molecule has 1 aliphatic heterocycles. The number of halogens is 1. The van der Waals surface area contributed by atoms with Crippen molar-refractivity contribution in [3.63, 3.8) is 0 Å². The quantitative estimate of drug-likeness (QED) is 0.877. The van der Waals surface area contributed by atoms with Gasteiger partial charge in [-0.2, -0.15) is 0 Å². The van der Waals surface area contributed by atoms with Crippen LogP contribution in [0.3, 0.4) is 0 Å². The van der Waals surface area contributed by atoms with E-state index in [1.807, 2.05) is 6.92 Å². The van der Waals surface area contributed by atoms with Gasteiger partial charge in [-0.15, -0.1) is 0 Å². The van der Waals surface area contributed by atoms with E-state index in [-0.39, 0.29) is 11.8 Å². The molecule has 1 aromatic carbocycles. The van der Waals surface area contributed by atoms with Crippen molar-refractivity contribution < 1.29 is 19.1 Å². The van der Waals surface area contributed by atoms with Crippen LogP contribution < -0.4 is 14.8 Å². The fourth-order valence-electron chi connectivity index (χ4n) is 2.52. The molecule has 2 rings (SSSR count). The van der Waals surface area contributed by atoms with E-state index < -0.39 is 6.04 Å².